The van der Waals surface area contributed by atoms with Gasteiger partial charge in [-0.15, -0.1) is 0 Å². The first-order chi connectivity index (χ1) is 12.9. The van der Waals surface area contributed by atoms with Gasteiger partial charge in [0.15, 0.2) is 5.78 Å². The standard InChI is InChI=1S/C15H18O.C11H14/c1-8-7-13-9(2)11-5-4-6-12(11)10(3)14(13)15(8)16;1-8-6-7-9(2)11-5-3-4-10(8)11/h8H,4-7H2,1-3H3;6-7H,3-5H2,1-2H3. The maximum atomic E-state index is 12.2. The van der Waals surface area contributed by atoms with Crippen LogP contribution in [0, 0.1) is 33.6 Å². The first kappa shape index (κ1) is 18.5. The summed E-state index contributed by atoms with van der Waals surface area (Å²) in [4.78, 5) is 12.2. The summed E-state index contributed by atoms with van der Waals surface area (Å²) in [5.74, 6) is 0.584. The highest BCUT2D eigenvalue weighted by atomic mass is 16.1. The highest BCUT2D eigenvalue weighted by molar-refractivity contribution is 6.04. The number of fused-ring (bicyclic) bond motifs is 3. The molecule has 27 heavy (non-hydrogen) atoms. The normalized spacial score (nSPS) is 19.4. The molecule has 2 aromatic rings. The van der Waals surface area contributed by atoms with Crippen LogP contribution < -0.4 is 0 Å². The molecule has 2 aromatic carbocycles. The van der Waals surface area contributed by atoms with Crippen molar-refractivity contribution in [2.45, 2.75) is 79.6 Å². The molecular formula is C26H32O. The van der Waals surface area contributed by atoms with Crippen LogP contribution in [0.1, 0.15) is 80.2 Å². The molecule has 5 rings (SSSR count). The fourth-order valence-electron chi connectivity index (χ4n) is 5.62. The second-order valence-electron chi connectivity index (χ2n) is 8.89. The first-order valence-electron chi connectivity index (χ1n) is 10.7. The van der Waals surface area contributed by atoms with Crippen LogP contribution in [0.15, 0.2) is 12.1 Å². The van der Waals surface area contributed by atoms with E-state index in [9.17, 15) is 4.79 Å². The Labute approximate surface area is 164 Å². The third-order valence-corrected chi connectivity index (χ3v) is 7.21. The van der Waals surface area contributed by atoms with Crippen LogP contribution in [0.4, 0.5) is 0 Å². The Morgan fingerprint density at radius 3 is 1.74 bits per heavy atom. The van der Waals surface area contributed by atoms with E-state index in [1.165, 1.54) is 71.9 Å². The highest BCUT2D eigenvalue weighted by Gasteiger charge is 2.33. The van der Waals surface area contributed by atoms with E-state index in [0.717, 1.165) is 12.0 Å². The van der Waals surface area contributed by atoms with Gasteiger partial charge in [-0.05, 0) is 123 Å². The lowest BCUT2D eigenvalue weighted by Gasteiger charge is -2.14. The molecule has 1 atom stereocenters. The van der Waals surface area contributed by atoms with Crippen molar-refractivity contribution < 1.29 is 4.79 Å². The molecule has 3 aliphatic carbocycles. The van der Waals surface area contributed by atoms with Crippen molar-refractivity contribution in [3.05, 3.63) is 67.8 Å². The molecule has 0 aliphatic heterocycles. The Balaban J connectivity index is 0.000000143. The monoisotopic (exact) mass is 360 g/mol. The van der Waals surface area contributed by atoms with Gasteiger partial charge < -0.3 is 0 Å². The van der Waals surface area contributed by atoms with Gasteiger partial charge in [0.25, 0.3) is 0 Å². The van der Waals surface area contributed by atoms with Gasteiger partial charge >= 0.3 is 0 Å². The van der Waals surface area contributed by atoms with E-state index in [-0.39, 0.29) is 5.92 Å². The smallest absolute Gasteiger partial charge is 0.166 e. The summed E-state index contributed by atoms with van der Waals surface area (Å²) < 4.78 is 0. The van der Waals surface area contributed by atoms with Gasteiger partial charge in [-0.25, -0.2) is 0 Å². The maximum Gasteiger partial charge on any atom is 0.166 e. The fourth-order valence-corrected chi connectivity index (χ4v) is 5.62. The van der Waals surface area contributed by atoms with Crippen molar-refractivity contribution in [1.82, 2.24) is 0 Å². The molecule has 1 unspecified atom stereocenters. The van der Waals surface area contributed by atoms with Crippen molar-refractivity contribution in [3.8, 4) is 0 Å². The van der Waals surface area contributed by atoms with Crippen molar-refractivity contribution in [2.75, 3.05) is 0 Å². The molecular weight excluding hydrogens is 328 g/mol. The number of Topliss-reactive ketones (excluding diaryl/α,β-unsaturated/α-hetero) is 1. The number of benzene rings is 2. The van der Waals surface area contributed by atoms with Crippen molar-refractivity contribution in [1.29, 1.82) is 0 Å². The van der Waals surface area contributed by atoms with Crippen LogP contribution in [-0.2, 0) is 32.1 Å². The zero-order chi connectivity index (χ0) is 19.3. The largest absolute Gasteiger partial charge is 0.294 e. The van der Waals surface area contributed by atoms with Crippen LogP contribution in [0.2, 0.25) is 0 Å². The lowest BCUT2D eigenvalue weighted by molar-refractivity contribution is 0.0945. The Morgan fingerprint density at radius 2 is 1.19 bits per heavy atom. The number of aryl methyl sites for hydroxylation is 2. The summed E-state index contributed by atoms with van der Waals surface area (Å²) in [7, 11) is 0. The summed E-state index contributed by atoms with van der Waals surface area (Å²) in [6, 6.07) is 4.50. The molecule has 0 bridgehead atoms. The van der Waals surface area contributed by atoms with E-state index < -0.39 is 0 Å². The molecule has 0 fully saturated rings. The predicted octanol–water partition coefficient (Wildman–Crippen LogP) is 5.96. The summed E-state index contributed by atoms with van der Waals surface area (Å²) in [6.07, 6.45) is 8.61. The van der Waals surface area contributed by atoms with Gasteiger partial charge in [-0.2, -0.15) is 0 Å². The molecule has 0 saturated heterocycles. The molecule has 0 amide bonds. The van der Waals surface area contributed by atoms with Crippen molar-refractivity contribution in [2.24, 2.45) is 5.92 Å². The van der Waals surface area contributed by atoms with E-state index in [0.29, 0.717) is 5.78 Å². The Morgan fingerprint density at radius 1 is 0.704 bits per heavy atom. The van der Waals surface area contributed by atoms with Crippen LogP contribution >= 0.6 is 0 Å². The van der Waals surface area contributed by atoms with Gasteiger partial charge in [-0.3, -0.25) is 4.79 Å². The third kappa shape index (κ3) is 2.96. The van der Waals surface area contributed by atoms with E-state index in [2.05, 4.69) is 46.8 Å². The van der Waals surface area contributed by atoms with Crippen molar-refractivity contribution >= 4 is 5.78 Å². The Hall–Kier alpha value is -1.89. The summed E-state index contributed by atoms with van der Waals surface area (Å²) >= 11 is 0. The van der Waals surface area contributed by atoms with Gasteiger partial charge in [-0.1, -0.05) is 19.1 Å². The zero-order valence-electron chi connectivity index (χ0n) is 17.6. The van der Waals surface area contributed by atoms with E-state index in [1.54, 1.807) is 16.7 Å². The molecule has 0 aromatic heterocycles. The van der Waals surface area contributed by atoms with E-state index in [4.69, 9.17) is 0 Å². The molecule has 142 valence electrons. The molecule has 0 spiro atoms. The van der Waals surface area contributed by atoms with Crippen molar-refractivity contribution in [3.63, 3.8) is 0 Å². The van der Waals surface area contributed by atoms with Gasteiger partial charge in [0, 0.05) is 11.5 Å². The highest BCUT2D eigenvalue weighted by Crippen LogP contribution is 2.39. The zero-order valence-corrected chi connectivity index (χ0v) is 17.6. The van der Waals surface area contributed by atoms with Gasteiger partial charge in [0.2, 0.25) is 0 Å². The molecule has 1 heteroatoms. The lowest BCUT2D eigenvalue weighted by atomic mass is 9.90. The minimum atomic E-state index is 0.204. The Bertz CT molecular complexity index is 903. The summed E-state index contributed by atoms with van der Waals surface area (Å²) in [6.45, 7) is 10.9. The van der Waals surface area contributed by atoms with Gasteiger partial charge in [0.1, 0.15) is 0 Å². The second-order valence-corrected chi connectivity index (χ2v) is 8.89. The summed E-state index contributed by atoms with van der Waals surface area (Å²) in [5.41, 5.74) is 14.4. The molecule has 0 heterocycles. The fraction of sp³-hybridized carbons (Fsp3) is 0.500. The summed E-state index contributed by atoms with van der Waals surface area (Å²) in [5, 5.41) is 0. The quantitative estimate of drug-likeness (QED) is 0.566. The van der Waals surface area contributed by atoms with Crippen LogP contribution in [-0.4, -0.2) is 5.78 Å². The van der Waals surface area contributed by atoms with Crippen LogP contribution in [0.5, 0.6) is 0 Å². The van der Waals surface area contributed by atoms with E-state index >= 15 is 0 Å². The number of hydrogen-bond donors (Lipinski definition) is 0. The predicted molar refractivity (Wildman–Crippen MR) is 113 cm³/mol. The number of carbonyl (C=O) groups excluding carboxylic acids is 1. The molecule has 0 radical (unpaired) electrons. The van der Waals surface area contributed by atoms with Gasteiger partial charge in [0.05, 0.1) is 0 Å². The Kier molecular flexibility index (Phi) is 4.74. The number of rotatable bonds is 0. The number of hydrogen-bond acceptors (Lipinski definition) is 1. The maximum absolute atomic E-state index is 12.2. The molecule has 0 saturated carbocycles. The minimum Gasteiger partial charge on any atom is -0.294 e. The van der Waals surface area contributed by atoms with Crippen LogP contribution in [0.25, 0.3) is 0 Å². The molecule has 3 aliphatic rings. The number of carbonyl (C=O) groups is 1. The lowest BCUT2D eigenvalue weighted by Crippen LogP contribution is -2.06. The SMILES string of the molecule is Cc1c2c(c(C)c3c1CC(C)C3=O)CCC2.Cc1ccc(C)c2c1CCC2. The topological polar surface area (TPSA) is 17.1 Å². The average Bonchev–Trinajstić information content (AvgIpc) is 3.37. The average molecular weight is 361 g/mol. The minimum absolute atomic E-state index is 0.204. The third-order valence-electron chi connectivity index (χ3n) is 7.21. The number of ketones is 1. The first-order valence-corrected chi connectivity index (χ1v) is 10.7. The molecule has 0 N–H and O–H groups in total. The van der Waals surface area contributed by atoms with Crippen LogP contribution in [0.3, 0.4) is 0 Å². The van der Waals surface area contributed by atoms with E-state index in [1.807, 2.05) is 0 Å². The molecule has 1 nitrogen and oxygen atoms in total. The second kappa shape index (κ2) is 6.93.